The van der Waals surface area contributed by atoms with Gasteiger partial charge in [-0.05, 0) is 29.7 Å². The normalized spacial score (nSPS) is 11.0. The molecule has 0 fully saturated rings. The highest BCUT2D eigenvalue weighted by Gasteiger charge is 2.15. The number of hydrogen-bond donors (Lipinski definition) is 1. The number of aliphatic carboxylic acids is 1. The van der Waals surface area contributed by atoms with E-state index in [4.69, 9.17) is 5.11 Å². The average Bonchev–Trinajstić information content (AvgIpc) is 2.36. The lowest BCUT2D eigenvalue weighted by atomic mass is 10.2. The van der Waals surface area contributed by atoms with E-state index in [-0.39, 0.29) is 24.2 Å². The first-order valence-electron chi connectivity index (χ1n) is 6.33. The van der Waals surface area contributed by atoms with Crippen molar-refractivity contribution in [1.82, 2.24) is 4.90 Å². The second kappa shape index (κ2) is 7.43. The van der Waals surface area contributed by atoms with E-state index < -0.39 is 5.97 Å². The van der Waals surface area contributed by atoms with Gasteiger partial charge in [-0.15, -0.1) is 0 Å². The van der Waals surface area contributed by atoms with Gasteiger partial charge in [-0.25, -0.2) is 4.39 Å². The van der Waals surface area contributed by atoms with Crippen LogP contribution in [-0.4, -0.2) is 35.0 Å². The summed E-state index contributed by atoms with van der Waals surface area (Å²) in [7, 11) is 0. The van der Waals surface area contributed by atoms with E-state index >= 15 is 0 Å². The molecule has 0 aliphatic carbocycles. The Morgan fingerprint density at radius 2 is 1.90 bits per heavy atom. The topological polar surface area (TPSA) is 57.6 Å². The Morgan fingerprint density at radius 3 is 2.40 bits per heavy atom. The highest BCUT2D eigenvalue weighted by atomic mass is 19.1. The van der Waals surface area contributed by atoms with Crippen LogP contribution in [0.1, 0.15) is 19.4 Å². The lowest BCUT2D eigenvalue weighted by molar-refractivity contribution is -0.143. The van der Waals surface area contributed by atoms with Crippen molar-refractivity contribution in [3.63, 3.8) is 0 Å². The average molecular weight is 279 g/mol. The Hall–Kier alpha value is -2.17. The number of carbonyl (C=O) groups excluding carboxylic acids is 1. The molecule has 0 saturated heterocycles. The first kappa shape index (κ1) is 15.9. The third-order valence-corrected chi connectivity index (χ3v) is 2.51. The summed E-state index contributed by atoms with van der Waals surface area (Å²) >= 11 is 0. The number of hydrogen-bond acceptors (Lipinski definition) is 2. The number of rotatable bonds is 6. The fourth-order valence-electron chi connectivity index (χ4n) is 1.68. The molecule has 0 atom stereocenters. The standard InChI is InChI=1S/C15H18FNO3/c1-11(2)9-17(10-15(19)20)14(18)8-5-12-3-6-13(16)7-4-12/h3-8,11H,9-10H2,1-2H3,(H,19,20). The van der Waals surface area contributed by atoms with Gasteiger partial charge in [0.2, 0.25) is 5.91 Å². The summed E-state index contributed by atoms with van der Waals surface area (Å²) in [4.78, 5) is 24.0. The van der Waals surface area contributed by atoms with Crippen LogP contribution in [-0.2, 0) is 9.59 Å². The van der Waals surface area contributed by atoms with E-state index in [2.05, 4.69) is 0 Å². The van der Waals surface area contributed by atoms with Gasteiger partial charge in [-0.1, -0.05) is 26.0 Å². The van der Waals surface area contributed by atoms with Crippen molar-refractivity contribution >= 4 is 18.0 Å². The number of carbonyl (C=O) groups is 2. The summed E-state index contributed by atoms with van der Waals surface area (Å²) < 4.78 is 12.7. The molecule has 4 nitrogen and oxygen atoms in total. The number of nitrogens with zero attached hydrogens (tertiary/aromatic N) is 1. The zero-order valence-corrected chi connectivity index (χ0v) is 11.5. The Labute approximate surface area is 117 Å². The maximum atomic E-state index is 12.7. The molecule has 108 valence electrons. The van der Waals surface area contributed by atoms with Gasteiger partial charge in [0, 0.05) is 12.6 Å². The van der Waals surface area contributed by atoms with Crippen LogP contribution in [0.4, 0.5) is 4.39 Å². The van der Waals surface area contributed by atoms with E-state index in [1.165, 1.54) is 29.2 Å². The Morgan fingerprint density at radius 1 is 1.30 bits per heavy atom. The SMILES string of the molecule is CC(C)CN(CC(=O)O)C(=O)C=Cc1ccc(F)cc1. The molecule has 0 bridgehead atoms. The molecule has 1 rings (SSSR count). The summed E-state index contributed by atoms with van der Waals surface area (Å²) in [6, 6.07) is 5.69. The minimum absolute atomic E-state index is 0.178. The molecule has 0 spiro atoms. The predicted molar refractivity (Wildman–Crippen MR) is 74.5 cm³/mol. The predicted octanol–water partition coefficient (Wildman–Crippen LogP) is 2.41. The fourth-order valence-corrected chi connectivity index (χ4v) is 1.68. The van der Waals surface area contributed by atoms with Crippen molar-refractivity contribution in [3.8, 4) is 0 Å². The minimum Gasteiger partial charge on any atom is -0.480 e. The first-order valence-corrected chi connectivity index (χ1v) is 6.33. The van der Waals surface area contributed by atoms with Crippen LogP contribution in [0.3, 0.4) is 0 Å². The van der Waals surface area contributed by atoms with Gasteiger partial charge in [0.05, 0.1) is 0 Å². The van der Waals surface area contributed by atoms with E-state index in [1.54, 1.807) is 12.1 Å². The maximum absolute atomic E-state index is 12.7. The van der Waals surface area contributed by atoms with Crippen molar-refractivity contribution in [2.24, 2.45) is 5.92 Å². The van der Waals surface area contributed by atoms with Crippen LogP contribution in [0.15, 0.2) is 30.3 Å². The van der Waals surface area contributed by atoms with Gasteiger partial charge in [0.15, 0.2) is 0 Å². The lowest BCUT2D eigenvalue weighted by Gasteiger charge is -2.21. The molecule has 1 N–H and O–H groups in total. The molecular formula is C15H18FNO3. The van der Waals surface area contributed by atoms with E-state index in [9.17, 15) is 14.0 Å². The molecule has 0 aliphatic rings. The molecule has 5 heteroatoms. The maximum Gasteiger partial charge on any atom is 0.323 e. The van der Waals surface area contributed by atoms with Crippen molar-refractivity contribution in [3.05, 3.63) is 41.7 Å². The van der Waals surface area contributed by atoms with E-state index in [0.717, 1.165) is 0 Å². The van der Waals surface area contributed by atoms with Crippen LogP contribution in [0.5, 0.6) is 0 Å². The van der Waals surface area contributed by atoms with Crippen LogP contribution < -0.4 is 0 Å². The molecule has 0 heterocycles. The smallest absolute Gasteiger partial charge is 0.323 e. The summed E-state index contributed by atoms with van der Waals surface area (Å²) in [5.74, 6) is -1.59. The van der Waals surface area contributed by atoms with E-state index in [0.29, 0.717) is 12.1 Å². The minimum atomic E-state index is -1.05. The molecule has 1 aromatic rings. The quantitative estimate of drug-likeness (QED) is 0.813. The molecule has 0 unspecified atom stereocenters. The number of amides is 1. The Bertz CT molecular complexity index is 494. The molecule has 20 heavy (non-hydrogen) atoms. The largest absolute Gasteiger partial charge is 0.480 e. The van der Waals surface area contributed by atoms with E-state index in [1.807, 2.05) is 13.8 Å². The third kappa shape index (κ3) is 5.65. The first-order chi connectivity index (χ1) is 9.38. The summed E-state index contributed by atoms with van der Waals surface area (Å²) in [6.45, 7) is 3.86. The Balaban J connectivity index is 2.73. The number of halogens is 1. The zero-order chi connectivity index (χ0) is 15.1. The highest BCUT2D eigenvalue weighted by Crippen LogP contribution is 2.06. The summed E-state index contributed by atoms with van der Waals surface area (Å²) in [6.07, 6.45) is 2.84. The van der Waals surface area contributed by atoms with Crippen LogP contribution in [0.2, 0.25) is 0 Å². The number of carboxylic acids is 1. The fraction of sp³-hybridized carbons (Fsp3) is 0.333. The molecule has 0 aliphatic heterocycles. The van der Waals surface area contributed by atoms with Gasteiger partial charge < -0.3 is 10.0 Å². The molecule has 0 aromatic heterocycles. The van der Waals surface area contributed by atoms with Crippen LogP contribution in [0, 0.1) is 11.7 Å². The zero-order valence-electron chi connectivity index (χ0n) is 11.5. The monoisotopic (exact) mass is 279 g/mol. The highest BCUT2D eigenvalue weighted by molar-refractivity contribution is 5.93. The number of carboxylic acid groups (broad SMARTS) is 1. The third-order valence-electron chi connectivity index (χ3n) is 2.51. The molecule has 1 amide bonds. The molecule has 0 saturated carbocycles. The van der Waals surface area contributed by atoms with Crippen molar-refractivity contribution < 1.29 is 19.1 Å². The van der Waals surface area contributed by atoms with Gasteiger partial charge in [-0.2, -0.15) is 0 Å². The van der Waals surface area contributed by atoms with Crippen LogP contribution in [0.25, 0.3) is 6.08 Å². The Kier molecular flexibility index (Phi) is 5.90. The van der Waals surface area contributed by atoms with Gasteiger partial charge >= 0.3 is 5.97 Å². The van der Waals surface area contributed by atoms with Gasteiger partial charge in [0.1, 0.15) is 12.4 Å². The summed E-state index contributed by atoms with van der Waals surface area (Å²) in [5, 5.41) is 8.80. The van der Waals surface area contributed by atoms with Gasteiger partial charge in [-0.3, -0.25) is 9.59 Å². The second-order valence-electron chi connectivity index (χ2n) is 4.89. The van der Waals surface area contributed by atoms with Crippen molar-refractivity contribution in [2.45, 2.75) is 13.8 Å². The van der Waals surface area contributed by atoms with Crippen molar-refractivity contribution in [1.29, 1.82) is 0 Å². The molecule has 1 aromatic carbocycles. The van der Waals surface area contributed by atoms with Crippen molar-refractivity contribution in [2.75, 3.05) is 13.1 Å². The van der Waals surface area contributed by atoms with Crippen LogP contribution >= 0.6 is 0 Å². The summed E-state index contributed by atoms with van der Waals surface area (Å²) in [5.41, 5.74) is 0.680. The lowest BCUT2D eigenvalue weighted by Crippen LogP contribution is -2.37. The second-order valence-corrected chi connectivity index (χ2v) is 4.89. The number of benzene rings is 1. The molecule has 0 radical (unpaired) electrons. The molecular weight excluding hydrogens is 261 g/mol. The van der Waals surface area contributed by atoms with Gasteiger partial charge in [0.25, 0.3) is 0 Å².